The highest BCUT2D eigenvalue weighted by Gasteiger charge is 2.32. The van der Waals surface area contributed by atoms with Crippen molar-refractivity contribution in [2.75, 3.05) is 5.32 Å². The van der Waals surface area contributed by atoms with Crippen LogP contribution in [0, 0.1) is 0 Å². The third-order valence-corrected chi connectivity index (χ3v) is 3.98. The molecule has 1 aliphatic heterocycles. The first-order chi connectivity index (χ1) is 11.1. The number of rotatable bonds is 3. The highest BCUT2D eigenvalue weighted by atomic mass is 35.5. The third kappa shape index (κ3) is 3.00. The lowest BCUT2D eigenvalue weighted by Gasteiger charge is -2.37. The monoisotopic (exact) mass is 329 g/mol. The van der Waals surface area contributed by atoms with E-state index in [1.807, 2.05) is 19.1 Å². The van der Waals surface area contributed by atoms with Gasteiger partial charge in [-0.25, -0.2) is 5.01 Å². The molecule has 1 heterocycles. The fraction of sp³-hybridized carbons (Fsp3) is 0.176. The average molecular weight is 330 g/mol. The van der Waals surface area contributed by atoms with Gasteiger partial charge in [0.05, 0.1) is 5.56 Å². The van der Waals surface area contributed by atoms with Gasteiger partial charge in [0, 0.05) is 16.3 Å². The highest BCUT2D eigenvalue weighted by Crippen LogP contribution is 2.25. The van der Waals surface area contributed by atoms with Crippen LogP contribution >= 0.6 is 11.6 Å². The lowest BCUT2D eigenvalue weighted by molar-refractivity contribution is 0.0488. The molecule has 0 saturated heterocycles. The molecule has 23 heavy (non-hydrogen) atoms. The number of para-hydroxylation sites is 1. The number of fused-ring (bicyclic) bond motifs is 1. The van der Waals surface area contributed by atoms with E-state index in [4.69, 9.17) is 11.6 Å². The van der Waals surface area contributed by atoms with Gasteiger partial charge < -0.3 is 5.32 Å². The molecule has 1 atom stereocenters. The molecule has 0 spiro atoms. The Balaban J connectivity index is 1.85. The molecule has 1 unspecified atom stereocenters. The number of benzene rings is 2. The maximum Gasteiger partial charge on any atom is 0.276 e. The second-order valence-electron chi connectivity index (χ2n) is 5.24. The smallest absolute Gasteiger partial charge is 0.276 e. The van der Waals surface area contributed by atoms with Crippen molar-refractivity contribution in [2.45, 2.75) is 19.5 Å². The molecule has 2 aromatic rings. The summed E-state index contributed by atoms with van der Waals surface area (Å²) < 4.78 is 0. The standard InChI is InChI=1S/C17H16ClN3O2/c1-2-15-19-14-6-4-3-5-13(14)17(23)21(15)20-16(22)11-7-9-12(18)10-8-11/h3-10,15,19H,2H2,1H3,(H,20,22). The van der Waals surface area contributed by atoms with Crippen molar-refractivity contribution in [1.29, 1.82) is 0 Å². The van der Waals surface area contributed by atoms with Crippen molar-refractivity contribution >= 4 is 29.1 Å². The zero-order valence-corrected chi connectivity index (χ0v) is 13.3. The van der Waals surface area contributed by atoms with Crippen LogP contribution in [0.5, 0.6) is 0 Å². The van der Waals surface area contributed by atoms with E-state index in [2.05, 4.69) is 10.7 Å². The van der Waals surface area contributed by atoms with Gasteiger partial charge in [-0.3, -0.25) is 15.0 Å². The number of nitrogens with one attached hydrogen (secondary N) is 2. The van der Waals surface area contributed by atoms with E-state index in [1.54, 1.807) is 36.4 Å². The van der Waals surface area contributed by atoms with Crippen LogP contribution in [0.4, 0.5) is 5.69 Å². The van der Waals surface area contributed by atoms with Crippen LogP contribution in [0.25, 0.3) is 0 Å². The van der Waals surface area contributed by atoms with Crippen molar-refractivity contribution in [3.8, 4) is 0 Å². The molecule has 6 heteroatoms. The number of anilines is 1. The van der Waals surface area contributed by atoms with Crippen molar-refractivity contribution in [2.24, 2.45) is 0 Å². The van der Waals surface area contributed by atoms with Gasteiger partial charge in [-0.2, -0.15) is 0 Å². The lowest BCUT2D eigenvalue weighted by Crippen LogP contribution is -2.57. The van der Waals surface area contributed by atoms with Gasteiger partial charge in [-0.15, -0.1) is 0 Å². The number of amides is 2. The fourth-order valence-electron chi connectivity index (χ4n) is 2.50. The molecule has 0 aromatic heterocycles. The molecule has 0 bridgehead atoms. The molecule has 3 rings (SSSR count). The van der Waals surface area contributed by atoms with E-state index in [9.17, 15) is 9.59 Å². The van der Waals surface area contributed by atoms with Crippen LogP contribution in [-0.4, -0.2) is 23.0 Å². The Hall–Kier alpha value is -2.53. The highest BCUT2D eigenvalue weighted by molar-refractivity contribution is 6.30. The molecule has 0 radical (unpaired) electrons. The molecule has 0 aliphatic carbocycles. The molecular weight excluding hydrogens is 314 g/mol. The minimum atomic E-state index is -0.352. The maximum atomic E-state index is 12.7. The number of carbonyl (C=O) groups excluding carboxylic acids is 2. The Labute approximate surface area is 139 Å². The van der Waals surface area contributed by atoms with Gasteiger partial charge >= 0.3 is 0 Å². The van der Waals surface area contributed by atoms with E-state index in [-0.39, 0.29) is 18.0 Å². The number of carbonyl (C=O) groups is 2. The summed E-state index contributed by atoms with van der Waals surface area (Å²) in [6.45, 7) is 1.94. The van der Waals surface area contributed by atoms with Crippen molar-refractivity contribution in [3.05, 3.63) is 64.7 Å². The maximum absolute atomic E-state index is 12.7. The summed E-state index contributed by atoms with van der Waals surface area (Å²) in [7, 11) is 0. The molecular formula is C17H16ClN3O2. The zero-order chi connectivity index (χ0) is 16.4. The first-order valence-corrected chi connectivity index (χ1v) is 7.73. The number of hydrazine groups is 1. The first kappa shape index (κ1) is 15.4. The van der Waals surface area contributed by atoms with Crippen LogP contribution in [0.15, 0.2) is 48.5 Å². The molecule has 2 amide bonds. The van der Waals surface area contributed by atoms with E-state index < -0.39 is 0 Å². The molecule has 1 aliphatic rings. The van der Waals surface area contributed by atoms with Crippen molar-refractivity contribution in [3.63, 3.8) is 0 Å². The lowest BCUT2D eigenvalue weighted by atomic mass is 10.1. The van der Waals surface area contributed by atoms with Crippen LogP contribution < -0.4 is 10.7 Å². The first-order valence-electron chi connectivity index (χ1n) is 7.36. The summed E-state index contributed by atoms with van der Waals surface area (Å²) in [5.74, 6) is -0.580. The summed E-state index contributed by atoms with van der Waals surface area (Å²) in [6, 6.07) is 13.8. The van der Waals surface area contributed by atoms with Gasteiger partial charge in [0.15, 0.2) is 0 Å². The van der Waals surface area contributed by atoms with E-state index in [1.165, 1.54) is 5.01 Å². The van der Waals surface area contributed by atoms with Crippen molar-refractivity contribution in [1.82, 2.24) is 10.4 Å². The summed E-state index contributed by atoms with van der Waals surface area (Å²) in [4.78, 5) is 25.0. The molecule has 2 aromatic carbocycles. The average Bonchev–Trinajstić information content (AvgIpc) is 2.57. The Kier molecular flexibility index (Phi) is 4.21. The second kappa shape index (κ2) is 6.30. The minimum Gasteiger partial charge on any atom is -0.363 e. The van der Waals surface area contributed by atoms with Crippen LogP contribution in [0.2, 0.25) is 5.02 Å². The number of nitrogens with zero attached hydrogens (tertiary/aromatic N) is 1. The van der Waals surface area contributed by atoms with Crippen LogP contribution in [0.3, 0.4) is 0 Å². The largest absolute Gasteiger partial charge is 0.363 e. The predicted octanol–water partition coefficient (Wildman–Crippen LogP) is 3.29. The topological polar surface area (TPSA) is 61.4 Å². The summed E-state index contributed by atoms with van der Waals surface area (Å²) >= 11 is 5.83. The number of halogens is 1. The Morgan fingerprint density at radius 1 is 1.22 bits per heavy atom. The summed E-state index contributed by atoms with van der Waals surface area (Å²) in [5, 5.41) is 5.16. The molecule has 0 saturated carbocycles. The van der Waals surface area contributed by atoms with Crippen LogP contribution in [0.1, 0.15) is 34.1 Å². The number of hydrogen-bond donors (Lipinski definition) is 2. The second-order valence-corrected chi connectivity index (χ2v) is 5.67. The molecule has 2 N–H and O–H groups in total. The van der Waals surface area contributed by atoms with Gasteiger partial charge in [0.1, 0.15) is 6.17 Å². The zero-order valence-electron chi connectivity index (χ0n) is 12.5. The Morgan fingerprint density at radius 2 is 1.91 bits per heavy atom. The number of hydrogen-bond acceptors (Lipinski definition) is 3. The van der Waals surface area contributed by atoms with Crippen molar-refractivity contribution < 1.29 is 9.59 Å². The fourth-order valence-corrected chi connectivity index (χ4v) is 2.63. The Bertz CT molecular complexity index is 746. The molecule has 5 nitrogen and oxygen atoms in total. The van der Waals surface area contributed by atoms with Gasteiger partial charge in [0.2, 0.25) is 0 Å². The molecule has 0 fully saturated rings. The van der Waals surface area contributed by atoms with Gasteiger partial charge in [-0.1, -0.05) is 30.7 Å². The van der Waals surface area contributed by atoms with Crippen LogP contribution in [-0.2, 0) is 0 Å². The normalized spacial score (nSPS) is 16.5. The summed E-state index contributed by atoms with van der Waals surface area (Å²) in [5.41, 5.74) is 4.44. The van der Waals surface area contributed by atoms with Gasteiger partial charge in [0.25, 0.3) is 11.8 Å². The molecule has 118 valence electrons. The van der Waals surface area contributed by atoms with E-state index >= 15 is 0 Å². The predicted molar refractivity (Wildman–Crippen MR) is 89.2 cm³/mol. The Morgan fingerprint density at radius 3 is 2.61 bits per heavy atom. The SMILES string of the molecule is CCC1Nc2ccccc2C(=O)N1NC(=O)c1ccc(Cl)cc1. The van der Waals surface area contributed by atoms with E-state index in [0.717, 1.165) is 5.69 Å². The summed E-state index contributed by atoms with van der Waals surface area (Å²) in [6.07, 6.45) is 0.356. The minimum absolute atomic E-state index is 0.228. The van der Waals surface area contributed by atoms with E-state index in [0.29, 0.717) is 22.6 Å². The van der Waals surface area contributed by atoms with Gasteiger partial charge in [-0.05, 0) is 42.8 Å². The quantitative estimate of drug-likeness (QED) is 0.908. The third-order valence-electron chi connectivity index (χ3n) is 3.73.